The molecule has 0 spiro atoms. The molecule has 1 unspecified atom stereocenters. The third-order valence-electron chi connectivity index (χ3n) is 3.60. The summed E-state index contributed by atoms with van der Waals surface area (Å²) in [7, 11) is 0. The zero-order chi connectivity index (χ0) is 16.2. The van der Waals surface area contributed by atoms with Crippen LogP contribution in [0.5, 0.6) is 16.7 Å². The van der Waals surface area contributed by atoms with Crippen molar-refractivity contribution in [1.29, 1.82) is 0 Å². The number of benzene rings is 1. The molecule has 2 aromatic heterocycles. The highest BCUT2D eigenvalue weighted by atomic mass is 32.1. The van der Waals surface area contributed by atoms with E-state index in [9.17, 15) is 0 Å². The van der Waals surface area contributed by atoms with E-state index in [1.54, 1.807) is 17.5 Å². The van der Waals surface area contributed by atoms with Crippen LogP contribution in [0.2, 0.25) is 0 Å². The third kappa shape index (κ3) is 3.75. The zero-order valence-corrected chi connectivity index (χ0v) is 14.5. The number of rotatable bonds is 6. The lowest BCUT2D eigenvalue weighted by atomic mass is 10.2. The average Bonchev–Trinajstić information content (AvgIpc) is 3.36. The van der Waals surface area contributed by atoms with Crippen LogP contribution in [0.4, 0.5) is 0 Å². The lowest BCUT2D eigenvalue weighted by molar-refractivity contribution is 0.111. The summed E-state index contributed by atoms with van der Waals surface area (Å²) < 4.78 is 17.1. The largest absolute Gasteiger partial charge is 0.487 e. The summed E-state index contributed by atoms with van der Waals surface area (Å²) in [5, 5.41) is 5.61. The van der Waals surface area contributed by atoms with Crippen molar-refractivity contribution in [2.24, 2.45) is 0 Å². The Balaban J connectivity index is 1.32. The molecule has 0 aliphatic carbocycles. The van der Waals surface area contributed by atoms with Gasteiger partial charge >= 0.3 is 0 Å². The van der Waals surface area contributed by atoms with E-state index in [2.05, 4.69) is 9.97 Å². The van der Waals surface area contributed by atoms with Crippen molar-refractivity contribution in [3.8, 4) is 16.7 Å². The molecule has 1 aromatic carbocycles. The predicted octanol–water partition coefficient (Wildman–Crippen LogP) is 4.82. The van der Waals surface area contributed by atoms with E-state index in [0.717, 1.165) is 41.6 Å². The van der Waals surface area contributed by atoms with Crippen molar-refractivity contribution in [3.63, 3.8) is 0 Å². The van der Waals surface area contributed by atoms with Gasteiger partial charge in [-0.3, -0.25) is 0 Å². The second-order valence-electron chi connectivity index (χ2n) is 5.34. The first-order valence-electron chi connectivity index (χ1n) is 7.73. The maximum atomic E-state index is 5.79. The first kappa shape index (κ1) is 15.6. The molecule has 1 fully saturated rings. The van der Waals surface area contributed by atoms with E-state index in [4.69, 9.17) is 14.2 Å². The van der Waals surface area contributed by atoms with Gasteiger partial charge < -0.3 is 14.2 Å². The minimum absolute atomic E-state index is 0.172. The van der Waals surface area contributed by atoms with E-state index >= 15 is 0 Å². The van der Waals surface area contributed by atoms with Crippen molar-refractivity contribution in [3.05, 3.63) is 51.9 Å². The van der Waals surface area contributed by atoms with Gasteiger partial charge in [0.15, 0.2) is 0 Å². The highest BCUT2D eigenvalue weighted by Gasteiger charge is 2.20. The summed E-state index contributed by atoms with van der Waals surface area (Å²) in [5.41, 5.74) is 0.939. The Morgan fingerprint density at radius 3 is 2.79 bits per heavy atom. The molecular formula is C17H16N2O3S2. The van der Waals surface area contributed by atoms with Crippen LogP contribution in [-0.4, -0.2) is 16.6 Å². The van der Waals surface area contributed by atoms with E-state index < -0.39 is 0 Å². The molecule has 1 atom stereocenters. The monoisotopic (exact) mass is 360 g/mol. The van der Waals surface area contributed by atoms with Crippen molar-refractivity contribution in [1.82, 2.24) is 9.97 Å². The van der Waals surface area contributed by atoms with Gasteiger partial charge in [-0.05, 0) is 37.1 Å². The first-order chi connectivity index (χ1) is 11.9. The molecular weight excluding hydrogens is 344 g/mol. The van der Waals surface area contributed by atoms with Gasteiger partial charge in [-0.1, -0.05) is 11.3 Å². The van der Waals surface area contributed by atoms with Gasteiger partial charge in [0, 0.05) is 23.6 Å². The smallest absolute Gasteiger partial charge is 0.278 e. The summed E-state index contributed by atoms with van der Waals surface area (Å²) in [6.07, 6.45) is 4.07. The van der Waals surface area contributed by atoms with Crippen molar-refractivity contribution in [2.45, 2.75) is 25.6 Å². The van der Waals surface area contributed by atoms with Crippen LogP contribution in [0.3, 0.4) is 0 Å². The van der Waals surface area contributed by atoms with Crippen LogP contribution >= 0.6 is 22.7 Å². The molecule has 1 aliphatic rings. The number of hydrogen-bond donors (Lipinski definition) is 0. The van der Waals surface area contributed by atoms with E-state index in [1.165, 1.54) is 11.3 Å². The molecule has 0 radical (unpaired) electrons. The minimum atomic E-state index is 0.172. The van der Waals surface area contributed by atoms with Crippen molar-refractivity contribution >= 4 is 22.7 Å². The second-order valence-corrected chi connectivity index (χ2v) is 7.09. The molecule has 124 valence electrons. The van der Waals surface area contributed by atoms with Crippen LogP contribution < -0.4 is 9.47 Å². The maximum Gasteiger partial charge on any atom is 0.278 e. The predicted molar refractivity (Wildman–Crippen MR) is 93.0 cm³/mol. The molecule has 0 saturated carbocycles. The summed E-state index contributed by atoms with van der Waals surface area (Å²) >= 11 is 3.10. The summed E-state index contributed by atoms with van der Waals surface area (Å²) in [6.45, 7) is 1.29. The van der Waals surface area contributed by atoms with Gasteiger partial charge in [-0.25, -0.2) is 9.97 Å². The summed E-state index contributed by atoms with van der Waals surface area (Å²) in [4.78, 5) is 8.70. The molecule has 1 aliphatic heterocycles. The number of hydrogen-bond acceptors (Lipinski definition) is 7. The lowest BCUT2D eigenvalue weighted by Gasteiger charge is -2.06. The highest BCUT2D eigenvalue weighted by molar-refractivity contribution is 7.11. The van der Waals surface area contributed by atoms with Crippen molar-refractivity contribution in [2.75, 3.05) is 6.61 Å². The van der Waals surface area contributed by atoms with Crippen LogP contribution in [0.15, 0.2) is 41.2 Å². The molecule has 3 heterocycles. The first-order valence-corrected chi connectivity index (χ1v) is 9.49. The van der Waals surface area contributed by atoms with Gasteiger partial charge in [-0.15, -0.1) is 11.3 Å². The molecule has 3 aromatic rings. The Morgan fingerprint density at radius 2 is 2.04 bits per heavy atom. The Hall–Kier alpha value is -1.96. The second kappa shape index (κ2) is 7.29. The standard InChI is InChI=1S/C17H16N2O3S2/c1-2-15(20-8-1)16-19-12(11-24-16)10-21-13-3-5-14(6-4-13)22-17-18-7-9-23-17/h3-7,9,11,15H,1-2,8,10H2. The summed E-state index contributed by atoms with van der Waals surface area (Å²) in [6, 6.07) is 7.51. The van der Waals surface area contributed by atoms with E-state index in [0.29, 0.717) is 11.8 Å². The Morgan fingerprint density at radius 1 is 1.17 bits per heavy atom. The molecule has 0 amide bonds. The molecule has 1 saturated heterocycles. The fraction of sp³-hybridized carbons (Fsp3) is 0.294. The van der Waals surface area contributed by atoms with Gasteiger partial charge in [-0.2, -0.15) is 0 Å². The number of aromatic nitrogens is 2. The third-order valence-corrected chi connectivity index (χ3v) is 5.23. The van der Waals surface area contributed by atoms with Gasteiger partial charge in [0.05, 0.1) is 5.69 Å². The lowest BCUT2D eigenvalue weighted by Crippen LogP contribution is -1.98. The van der Waals surface area contributed by atoms with Gasteiger partial charge in [0.1, 0.15) is 29.2 Å². The normalized spacial score (nSPS) is 17.1. The van der Waals surface area contributed by atoms with Gasteiger partial charge in [0.2, 0.25) is 0 Å². The Labute approximate surface area is 147 Å². The van der Waals surface area contributed by atoms with Crippen LogP contribution in [0, 0.1) is 0 Å². The molecule has 24 heavy (non-hydrogen) atoms. The quantitative estimate of drug-likeness (QED) is 0.631. The molecule has 4 rings (SSSR count). The number of nitrogens with zero attached hydrogens (tertiary/aromatic N) is 2. The molecule has 7 heteroatoms. The molecule has 0 N–H and O–H groups in total. The zero-order valence-electron chi connectivity index (χ0n) is 12.9. The van der Waals surface area contributed by atoms with E-state index in [1.807, 2.05) is 35.0 Å². The summed E-state index contributed by atoms with van der Waals surface area (Å²) in [5.74, 6) is 1.53. The number of thiazole rings is 2. The SMILES string of the molecule is c1csc(Oc2ccc(OCc3csc(C4CCCO4)n3)cc2)n1. The van der Waals surface area contributed by atoms with Gasteiger partial charge in [0.25, 0.3) is 5.19 Å². The average molecular weight is 360 g/mol. The maximum absolute atomic E-state index is 5.79. The molecule has 0 bridgehead atoms. The topological polar surface area (TPSA) is 53.5 Å². The van der Waals surface area contributed by atoms with Crippen LogP contribution in [0.25, 0.3) is 0 Å². The van der Waals surface area contributed by atoms with Crippen molar-refractivity contribution < 1.29 is 14.2 Å². The minimum Gasteiger partial charge on any atom is -0.487 e. The Kier molecular flexibility index (Phi) is 4.73. The fourth-order valence-corrected chi connectivity index (χ4v) is 3.82. The van der Waals surface area contributed by atoms with Crippen LogP contribution in [0.1, 0.15) is 29.6 Å². The van der Waals surface area contributed by atoms with Crippen LogP contribution in [-0.2, 0) is 11.3 Å². The fourth-order valence-electron chi connectivity index (χ4n) is 2.43. The Bertz CT molecular complexity index is 766. The number of ether oxygens (including phenoxy) is 3. The van der Waals surface area contributed by atoms with E-state index in [-0.39, 0.29) is 6.10 Å². The highest BCUT2D eigenvalue weighted by Crippen LogP contribution is 2.31. The molecule has 5 nitrogen and oxygen atoms in total.